The van der Waals surface area contributed by atoms with E-state index in [0.717, 1.165) is 36.8 Å². The first-order valence-corrected chi connectivity index (χ1v) is 8.89. The van der Waals surface area contributed by atoms with Crippen LogP contribution in [0.4, 0.5) is 4.39 Å². The largest absolute Gasteiger partial charge is 0.317 e. The van der Waals surface area contributed by atoms with E-state index in [4.69, 9.17) is 5.26 Å². The molecule has 0 amide bonds. The summed E-state index contributed by atoms with van der Waals surface area (Å²) in [7, 11) is 2.01. The Bertz CT molecular complexity index is 758. The van der Waals surface area contributed by atoms with Gasteiger partial charge in [-0.25, -0.2) is 4.39 Å². The summed E-state index contributed by atoms with van der Waals surface area (Å²) in [6, 6.07) is 15.8. The highest BCUT2D eigenvalue weighted by atomic mass is 19.1. The molecule has 25 heavy (non-hydrogen) atoms. The molecule has 2 aromatic carbocycles. The lowest BCUT2D eigenvalue weighted by Gasteiger charge is -2.29. The van der Waals surface area contributed by atoms with Crippen LogP contribution in [-0.2, 0) is 6.54 Å². The molecule has 4 heteroatoms. The molecule has 130 valence electrons. The molecule has 0 saturated heterocycles. The summed E-state index contributed by atoms with van der Waals surface area (Å²) in [5, 5.41) is 15.9. The Morgan fingerprint density at radius 1 is 1.04 bits per heavy atom. The second kappa shape index (κ2) is 8.24. The molecule has 0 aliphatic heterocycles. The number of hydrogen-bond acceptors (Lipinski definition) is 3. The van der Waals surface area contributed by atoms with Gasteiger partial charge in [0.15, 0.2) is 0 Å². The van der Waals surface area contributed by atoms with E-state index < -0.39 is 0 Å². The third kappa shape index (κ3) is 4.45. The number of nitrogens with zero attached hydrogens (tertiary/aromatic N) is 1. The van der Waals surface area contributed by atoms with Crippen molar-refractivity contribution in [2.75, 3.05) is 7.05 Å². The molecule has 0 unspecified atom stereocenters. The van der Waals surface area contributed by atoms with Crippen LogP contribution in [0.15, 0.2) is 42.5 Å². The fraction of sp³-hybridized carbons (Fsp3) is 0.381. The van der Waals surface area contributed by atoms with Crippen LogP contribution < -0.4 is 10.6 Å². The van der Waals surface area contributed by atoms with E-state index in [1.807, 2.05) is 31.3 Å². The minimum absolute atomic E-state index is 0.184. The van der Waals surface area contributed by atoms with Gasteiger partial charge in [0.05, 0.1) is 11.6 Å². The second-order valence-corrected chi connectivity index (χ2v) is 6.72. The molecule has 0 spiro atoms. The lowest BCUT2D eigenvalue weighted by atomic mass is 9.91. The van der Waals surface area contributed by atoms with Crippen LogP contribution in [0, 0.1) is 17.1 Å². The van der Waals surface area contributed by atoms with Crippen LogP contribution in [0.5, 0.6) is 0 Å². The smallest absolute Gasteiger partial charge is 0.127 e. The van der Waals surface area contributed by atoms with Crippen molar-refractivity contribution in [3.05, 3.63) is 59.4 Å². The zero-order valence-electron chi connectivity index (χ0n) is 14.6. The Balaban J connectivity index is 1.69. The number of nitrogens with one attached hydrogen (secondary N) is 2. The Morgan fingerprint density at radius 3 is 2.48 bits per heavy atom. The molecule has 1 aliphatic carbocycles. The summed E-state index contributed by atoms with van der Waals surface area (Å²) in [6.07, 6.45) is 4.57. The van der Waals surface area contributed by atoms with E-state index in [0.29, 0.717) is 29.8 Å². The number of halogens is 1. The monoisotopic (exact) mass is 337 g/mol. The molecule has 0 radical (unpaired) electrons. The van der Waals surface area contributed by atoms with Gasteiger partial charge in [-0.1, -0.05) is 18.2 Å². The van der Waals surface area contributed by atoms with Crippen LogP contribution in [-0.4, -0.2) is 19.1 Å². The quantitative estimate of drug-likeness (QED) is 0.867. The molecule has 3 rings (SSSR count). The topological polar surface area (TPSA) is 47.8 Å². The van der Waals surface area contributed by atoms with E-state index in [9.17, 15) is 4.39 Å². The number of hydrogen-bond donors (Lipinski definition) is 2. The minimum atomic E-state index is -0.184. The Labute approximate surface area is 148 Å². The maximum absolute atomic E-state index is 14.2. The third-order valence-electron chi connectivity index (χ3n) is 5.09. The van der Waals surface area contributed by atoms with Crippen molar-refractivity contribution in [3.8, 4) is 17.2 Å². The van der Waals surface area contributed by atoms with Gasteiger partial charge in [-0.15, -0.1) is 0 Å². The fourth-order valence-electron chi connectivity index (χ4n) is 3.50. The second-order valence-electron chi connectivity index (χ2n) is 6.72. The Morgan fingerprint density at radius 2 is 1.76 bits per heavy atom. The molecule has 0 bridgehead atoms. The maximum Gasteiger partial charge on any atom is 0.127 e. The highest BCUT2D eigenvalue weighted by Crippen LogP contribution is 2.24. The van der Waals surface area contributed by atoms with Crippen LogP contribution in [0.3, 0.4) is 0 Å². The zero-order chi connectivity index (χ0) is 17.6. The third-order valence-corrected chi connectivity index (χ3v) is 5.09. The van der Waals surface area contributed by atoms with Crippen LogP contribution in [0.25, 0.3) is 11.1 Å². The molecular formula is C21H24FN3. The summed E-state index contributed by atoms with van der Waals surface area (Å²) >= 11 is 0. The van der Waals surface area contributed by atoms with E-state index in [-0.39, 0.29) is 5.82 Å². The van der Waals surface area contributed by atoms with Crippen molar-refractivity contribution in [3.63, 3.8) is 0 Å². The Hall–Kier alpha value is -2.22. The Kier molecular flexibility index (Phi) is 5.80. The van der Waals surface area contributed by atoms with Crippen molar-refractivity contribution >= 4 is 0 Å². The van der Waals surface area contributed by atoms with E-state index >= 15 is 0 Å². The summed E-state index contributed by atoms with van der Waals surface area (Å²) in [5.41, 5.74) is 3.17. The van der Waals surface area contributed by atoms with Crippen LogP contribution >= 0.6 is 0 Å². The van der Waals surface area contributed by atoms with Crippen molar-refractivity contribution in [2.45, 2.75) is 44.3 Å². The van der Waals surface area contributed by atoms with Gasteiger partial charge in [-0.05, 0) is 68.1 Å². The summed E-state index contributed by atoms with van der Waals surface area (Å²) in [5.74, 6) is -0.184. The van der Waals surface area contributed by atoms with Gasteiger partial charge in [0.25, 0.3) is 0 Å². The van der Waals surface area contributed by atoms with Gasteiger partial charge in [0.2, 0.25) is 0 Å². The zero-order valence-corrected chi connectivity index (χ0v) is 14.6. The number of nitriles is 1. The van der Waals surface area contributed by atoms with Gasteiger partial charge in [-0.2, -0.15) is 5.26 Å². The van der Waals surface area contributed by atoms with E-state index in [1.54, 1.807) is 12.1 Å². The highest BCUT2D eigenvalue weighted by molar-refractivity contribution is 5.66. The number of rotatable bonds is 5. The fourth-order valence-corrected chi connectivity index (χ4v) is 3.50. The van der Waals surface area contributed by atoms with Gasteiger partial charge in [-0.3, -0.25) is 0 Å². The standard InChI is InChI=1S/C21H24FN3/c1-24-19-6-8-20(9-7-19)25-14-18-12-17(5-10-21(18)22)16-4-2-3-15(11-16)13-23/h2-5,10-12,19-20,24-25H,6-9,14H2,1H3. The lowest BCUT2D eigenvalue weighted by Crippen LogP contribution is -2.38. The molecule has 1 fully saturated rings. The average molecular weight is 337 g/mol. The van der Waals surface area contributed by atoms with E-state index in [2.05, 4.69) is 16.7 Å². The molecule has 2 aromatic rings. The SMILES string of the molecule is CNC1CCC(NCc2cc(-c3cccc(C#N)c3)ccc2F)CC1. The first-order valence-electron chi connectivity index (χ1n) is 8.89. The first-order chi connectivity index (χ1) is 12.2. The molecule has 1 saturated carbocycles. The van der Waals surface area contributed by atoms with Crippen molar-refractivity contribution in [1.29, 1.82) is 5.26 Å². The van der Waals surface area contributed by atoms with Gasteiger partial charge < -0.3 is 10.6 Å². The van der Waals surface area contributed by atoms with Crippen LogP contribution in [0.2, 0.25) is 0 Å². The molecule has 3 nitrogen and oxygen atoms in total. The molecular weight excluding hydrogens is 313 g/mol. The number of benzene rings is 2. The predicted octanol–water partition coefficient (Wildman–Crippen LogP) is 3.98. The van der Waals surface area contributed by atoms with Crippen molar-refractivity contribution in [2.24, 2.45) is 0 Å². The average Bonchev–Trinajstić information content (AvgIpc) is 2.67. The predicted molar refractivity (Wildman–Crippen MR) is 98.5 cm³/mol. The van der Waals surface area contributed by atoms with Gasteiger partial charge >= 0.3 is 0 Å². The molecule has 2 N–H and O–H groups in total. The molecule has 0 heterocycles. The molecule has 0 atom stereocenters. The van der Waals surface area contributed by atoms with Gasteiger partial charge in [0.1, 0.15) is 5.82 Å². The lowest BCUT2D eigenvalue weighted by molar-refractivity contribution is 0.316. The summed E-state index contributed by atoms with van der Waals surface area (Å²) in [4.78, 5) is 0. The normalized spacial score (nSPS) is 20.2. The summed E-state index contributed by atoms with van der Waals surface area (Å²) in [6.45, 7) is 0.534. The highest BCUT2D eigenvalue weighted by Gasteiger charge is 2.19. The minimum Gasteiger partial charge on any atom is -0.317 e. The molecule has 0 aromatic heterocycles. The first kappa shape index (κ1) is 17.6. The molecule has 1 aliphatic rings. The summed E-state index contributed by atoms with van der Waals surface area (Å²) < 4.78 is 14.2. The van der Waals surface area contributed by atoms with E-state index in [1.165, 1.54) is 6.07 Å². The van der Waals surface area contributed by atoms with Gasteiger partial charge in [0, 0.05) is 24.2 Å². The van der Waals surface area contributed by atoms with Crippen molar-refractivity contribution < 1.29 is 4.39 Å². The maximum atomic E-state index is 14.2. The van der Waals surface area contributed by atoms with Crippen LogP contribution in [0.1, 0.15) is 36.8 Å². The van der Waals surface area contributed by atoms with Crippen molar-refractivity contribution in [1.82, 2.24) is 10.6 Å².